The monoisotopic (exact) mass is 463 g/mol. The van der Waals surface area contributed by atoms with Crippen LogP contribution in [0.5, 0.6) is 0 Å². The molecule has 0 bridgehead atoms. The highest BCUT2D eigenvalue weighted by atomic mass is 16.2. The van der Waals surface area contributed by atoms with Gasteiger partial charge in [-0.05, 0) is 29.8 Å². The molecule has 6 rings (SSSR count). The van der Waals surface area contributed by atoms with Gasteiger partial charge < -0.3 is 9.80 Å². The molecule has 8 heteroatoms. The highest BCUT2D eigenvalue weighted by molar-refractivity contribution is 5.99. The SMILES string of the molecule is O=C(c1c(-c2ccc3[nH]ncc3c2)nnn1Cc1ccccc1)N1CCN(c2ccccc2)CC1. The molecule has 0 unspecified atom stereocenters. The van der Waals surface area contributed by atoms with Crippen molar-refractivity contribution in [2.24, 2.45) is 0 Å². The van der Waals surface area contributed by atoms with Crippen LogP contribution in [-0.4, -0.2) is 62.2 Å². The summed E-state index contributed by atoms with van der Waals surface area (Å²) in [5.74, 6) is -0.0408. The van der Waals surface area contributed by atoms with Gasteiger partial charge in [0.1, 0.15) is 5.69 Å². The molecule has 0 radical (unpaired) electrons. The zero-order chi connectivity index (χ0) is 23.6. The van der Waals surface area contributed by atoms with E-state index in [1.54, 1.807) is 10.9 Å². The predicted molar refractivity (Wildman–Crippen MR) is 135 cm³/mol. The van der Waals surface area contributed by atoms with Crippen molar-refractivity contribution >= 4 is 22.5 Å². The summed E-state index contributed by atoms with van der Waals surface area (Å²) in [6, 6.07) is 26.3. The number of anilines is 1. The highest BCUT2D eigenvalue weighted by Crippen LogP contribution is 2.27. The van der Waals surface area contributed by atoms with Gasteiger partial charge in [-0.15, -0.1) is 5.10 Å². The number of hydrogen-bond donors (Lipinski definition) is 1. The van der Waals surface area contributed by atoms with Gasteiger partial charge in [0.15, 0.2) is 5.69 Å². The molecule has 35 heavy (non-hydrogen) atoms. The molecule has 0 saturated carbocycles. The first-order valence-electron chi connectivity index (χ1n) is 11.8. The minimum atomic E-state index is -0.0408. The van der Waals surface area contributed by atoms with Crippen molar-refractivity contribution in [1.82, 2.24) is 30.1 Å². The minimum Gasteiger partial charge on any atom is -0.368 e. The molecule has 3 aromatic carbocycles. The highest BCUT2D eigenvalue weighted by Gasteiger charge is 2.29. The lowest BCUT2D eigenvalue weighted by molar-refractivity contribution is 0.0735. The molecule has 0 spiro atoms. The van der Waals surface area contributed by atoms with E-state index in [9.17, 15) is 4.79 Å². The number of aromatic amines is 1. The third-order valence-electron chi connectivity index (χ3n) is 6.51. The van der Waals surface area contributed by atoms with E-state index in [1.165, 1.54) is 5.69 Å². The van der Waals surface area contributed by atoms with Crippen LogP contribution in [0.3, 0.4) is 0 Å². The minimum absolute atomic E-state index is 0.0408. The summed E-state index contributed by atoms with van der Waals surface area (Å²) < 4.78 is 1.73. The number of amides is 1. The molecule has 3 heterocycles. The molecule has 2 aromatic heterocycles. The second-order valence-electron chi connectivity index (χ2n) is 8.72. The van der Waals surface area contributed by atoms with Gasteiger partial charge in [0.05, 0.1) is 18.3 Å². The summed E-state index contributed by atoms with van der Waals surface area (Å²) in [5.41, 5.74) is 5.16. The molecule has 1 N–H and O–H groups in total. The maximum atomic E-state index is 13.9. The van der Waals surface area contributed by atoms with Crippen molar-refractivity contribution in [3.05, 3.63) is 96.3 Å². The number of para-hydroxylation sites is 1. The van der Waals surface area contributed by atoms with Crippen LogP contribution in [-0.2, 0) is 6.54 Å². The van der Waals surface area contributed by atoms with E-state index >= 15 is 0 Å². The third kappa shape index (κ3) is 4.14. The van der Waals surface area contributed by atoms with Gasteiger partial charge in [-0.1, -0.05) is 59.8 Å². The van der Waals surface area contributed by atoms with E-state index in [1.807, 2.05) is 71.6 Å². The number of H-pyrrole nitrogens is 1. The van der Waals surface area contributed by atoms with E-state index in [0.29, 0.717) is 31.0 Å². The number of nitrogens with one attached hydrogen (secondary N) is 1. The number of carbonyl (C=O) groups excluding carboxylic acids is 1. The Morgan fingerprint density at radius 1 is 0.886 bits per heavy atom. The molecule has 5 aromatic rings. The fourth-order valence-electron chi connectivity index (χ4n) is 4.63. The second-order valence-corrected chi connectivity index (χ2v) is 8.72. The Kier molecular flexibility index (Phi) is 5.46. The van der Waals surface area contributed by atoms with E-state index in [4.69, 9.17) is 0 Å². The number of rotatable bonds is 5. The quantitative estimate of drug-likeness (QED) is 0.428. The first kappa shape index (κ1) is 21.1. The van der Waals surface area contributed by atoms with E-state index in [0.717, 1.165) is 35.1 Å². The number of carbonyl (C=O) groups is 1. The summed E-state index contributed by atoms with van der Waals surface area (Å²) in [6.07, 6.45) is 1.78. The number of nitrogens with zero attached hydrogens (tertiary/aromatic N) is 6. The third-order valence-corrected chi connectivity index (χ3v) is 6.51. The van der Waals surface area contributed by atoms with Crippen LogP contribution in [0, 0.1) is 0 Å². The van der Waals surface area contributed by atoms with Gasteiger partial charge >= 0.3 is 0 Å². The zero-order valence-corrected chi connectivity index (χ0v) is 19.2. The first-order chi connectivity index (χ1) is 17.3. The van der Waals surface area contributed by atoms with Crippen LogP contribution in [0.4, 0.5) is 5.69 Å². The van der Waals surface area contributed by atoms with E-state index in [-0.39, 0.29) is 5.91 Å². The van der Waals surface area contributed by atoms with Crippen molar-refractivity contribution in [2.75, 3.05) is 31.1 Å². The van der Waals surface area contributed by atoms with Gasteiger partial charge in [-0.2, -0.15) is 5.10 Å². The Labute approximate surface area is 202 Å². The predicted octanol–water partition coefficient (Wildman–Crippen LogP) is 3.83. The molecule has 1 amide bonds. The number of fused-ring (bicyclic) bond motifs is 1. The molecule has 1 aliphatic rings. The Bertz CT molecular complexity index is 1450. The van der Waals surface area contributed by atoms with Crippen LogP contribution in [0.2, 0.25) is 0 Å². The smallest absolute Gasteiger partial charge is 0.274 e. The molecular formula is C27H25N7O. The van der Waals surface area contributed by atoms with Gasteiger partial charge in [-0.3, -0.25) is 9.89 Å². The maximum absolute atomic E-state index is 13.9. The summed E-state index contributed by atoms with van der Waals surface area (Å²) in [7, 11) is 0. The van der Waals surface area contributed by atoms with Crippen LogP contribution in [0.25, 0.3) is 22.2 Å². The summed E-state index contributed by atoms with van der Waals surface area (Å²) in [5, 5.41) is 16.9. The molecule has 0 aliphatic carbocycles. The van der Waals surface area contributed by atoms with Gasteiger partial charge in [0.25, 0.3) is 5.91 Å². The topological polar surface area (TPSA) is 82.9 Å². The number of benzene rings is 3. The average molecular weight is 464 g/mol. The van der Waals surface area contributed by atoms with Gasteiger partial charge in [0, 0.05) is 42.8 Å². The Hall–Kier alpha value is -4.46. The molecule has 1 aliphatic heterocycles. The zero-order valence-electron chi connectivity index (χ0n) is 19.2. The maximum Gasteiger partial charge on any atom is 0.274 e. The lowest BCUT2D eigenvalue weighted by atomic mass is 10.1. The largest absolute Gasteiger partial charge is 0.368 e. The molecule has 8 nitrogen and oxygen atoms in total. The first-order valence-corrected chi connectivity index (χ1v) is 11.8. The van der Waals surface area contributed by atoms with Crippen LogP contribution < -0.4 is 4.90 Å². The second kappa shape index (κ2) is 9.06. The number of piperazine rings is 1. The Balaban J connectivity index is 1.32. The van der Waals surface area contributed by atoms with Crippen molar-refractivity contribution in [1.29, 1.82) is 0 Å². The van der Waals surface area contributed by atoms with Crippen LogP contribution in [0.15, 0.2) is 85.1 Å². The normalized spacial score (nSPS) is 13.9. The van der Waals surface area contributed by atoms with E-state index < -0.39 is 0 Å². The summed E-state index contributed by atoms with van der Waals surface area (Å²) >= 11 is 0. The average Bonchev–Trinajstić information content (AvgIpc) is 3.56. The van der Waals surface area contributed by atoms with Crippen molar-refractivity contribution in [2.45, 2.75) is 6.54 Å². The Morgan fingerprint density at radius 3 is 2.40 bits per heavy atom. The fourth-order valence-corrected chi connectivity index (χ4v) is 4.63. The molecule has 1 fully saturated rings. The van der Waals surface area contributed by atoms with Gasteiger partial charge in [-0.25, -0.2) is 4.68 Å². The molecule has 174 valence electrons. The fraction of sp³-hybridized carbons (Fsp3) is 0.185. The van der Waals surface area contributed by atoms with Crippen molar-refractivity contribution < 1.29 is 4.79 Å². The standard InChI is InChI=1S/C27H25N7O/c35-27(33-15-13-32(14-16-33)23-9-5-2-6-10-23)26-25(21-11-12-24-22(17-21)18-28-29-24)30-31-34(26)19-20-7-3-1-4-8-20/h1-12,17-18H,13-16,19H2,(H,28,29). The molecule has 1 saturated heterocycles. The number of aromatic nitrogens is 5. The van der Waals surface area contributed by atoms with Gasteiger partial charge in [0.2, 0.25) is 0 Å². The Morgan fingerprint density at radius 2 is 1.63 bits per heavy atom. The molecule has 0 atom stereocenters. The van der Waals surface area contributed by atoms with Crippen LogP contribution >= 0.6 is 0 Å². The van der Waals surface area contributed by atoms with E-state index in [2.05, 4.69) is 37.5 Å². The lowest BCUT2D eigenvalue weighted by Crippen LogP contribution is -2.49. The van der Waals surface area contributed by atoms with Crippen molar-refractivity contribution in [3.63, 3.8) is 0 Å². The molecular weight excluding hydrogens is 438 g/mol. The summed E-state index contributed by atoms with van der Waals surface area (Å²) in [6.45, 7) is 3.33. The van der Waals surface area contributed by atoms with Crippen molar-refractivity contribution in [3.8, 4) is 11.3 Å². The summed E-state index contributed by atoms with van der Waals surface area (Å²) in [4.78, 5) is 18.1. The van der Waals surface area contributed by atoms with Crippen LogP contribution in [0.1, 0.15) is 16.1 Å². The lowest BCUT2D eigenvalue weighted by Gasteiger charge is -2.36. The number of hydrogen-bond acceptors (Lipinski definition) is 5.